The van der Waals surface area contributed by atoms with Crippen LogP contribution in [-0.4, -0.2) is 36.0 Å². The zero-order valence-corrected chi connectivity index (χ0v) is 15.1. The van der Waals surface area contributed by atoms with E-state index in [1.165, 1.54) is 12.8 Å². The smallest absolute Gasteiger partial charge is 0.269 e. The normalized spacial score (nSPS) is 15.7. The van der Waals surface area contributed by atoms with Gasteiger partial charge in [0.15, 0.2) is 5.82 Å². The van der Waals surface area contributed by atoms with Gasteiger partial charge in [-0.2, -0.15) is 5.10 Å². The van der Waals surface area contributed by atoms with Crippen LogP contribution < -0.4 is 5.32 Å². The molecule has 1 aromatic carbocycles. The standard InChI is InChI=1S/C19H22N6O2/c1-12(18-24-20-11-25(18)13-6-2-3-7-13)21-19(27)16-10-15(22-23-16)14-8-4-5-9-17(14)26/h4-5,8-13,26H,2-3,6-7H2,1H3,(H,21,27)(H,22,23)/t12-/m1/s1. The zero-order chi connectivity index (χ0) is 18.8. The molecule has 8 nitrogen and oxygen atoms in total. The number of rotatable bonds is 5. The molecule has 8 heteroatoms. The number of carbonyl (C=O) groups excluding carboxylic acids is 1. The topological polar surface area (TPSA) is 109 Å². The summed E-state index contributed by atoms with van der Waals surface area (Å²) in [6.45, 7) is 1.90. The van der Waals surface area contributed by atoms with Crippen LogP contribution in [0.25, 0.3) is 11.3 Å². The quantitative estimate of drug-likeness (QED) is 0.643. The second-order valence-corrected chi connectivity index (χ2v) is 6.91. The Hall–Kier alpha value is -3.16. The van der Waals surface area contributed by atoms with Crippen LogP contribution in [0.4, 0.5) is 0 Å². The van der Waals surface area contributed by atoms with Crippen molar-refractivity contribution >= 4 is 5.91 Å². The number of aromatic nitrogens is 5. The summed E-state index contributed by atoms with van der Waals surface area (Å²) in [4.78, 5) is 12.6. The van der Waals surface area contributed by atoms with E-state index in [0.29, 0.717) is 23.0 Å². The number of carbonyl (C=O) groups is 1. The number of para-hydroxylation sites is 1. The third-order valence-corrected chi connectivity index (χ3v) is 5.06. The molecular formula is C19H22N6O2. The monoisotopic (exact) mass is 366 g/mol. The molecule has 4 rings (SSSR count). The first-order valence-corrected chi connectivity index (χ1v) is 9.17. The Morgan fingerprint density at radius 2 is 2.11 bits per heavy atom. The van der Waals surface area contributed by atoms with E-state index in [9.17, 15) is 9.90 Å². The molecule has 1 fully saturated rings. The lowest BCUT2D eigenvalue weighted by atomic mass is 10.1. The fourth-order valence-corrected chi connectivity index (χ4v) is 3.63. The third kappa shape index (κ3) is 3.42. The van der Waals surface area contributed by atoms with Gasteiger partial charge in [0.2, 0.25) is 0 Å². The van der Waals surface area contributed by atoms with Crippen LogP contribution in [0.1, 0.15) is 61.0 Å². The lowest BCUT2D eigenvalue weighted by molar-refractivity contribution is 0.0932. The number of phenols is 1. The maximum atomic E-state index is 12.6. The van der Waals surface area contributed by atoms with E-state index in [1.807, 2.05) is 6.92 Å². The van der Waals surface area contributed by atoms with Gasteiger partial charge in [0.1, 0.15) is 17.8 Å². The molecule has 2 aromatic heterocycles. The number of hydrogen-bond donors (Lipinski definition) is 3. The van der Waals surface area contributed by atoms with Gasteiger partial charge in [0, 0.05) is 11.6 Å². The van der Waals surface area contributed by atoms with Crippen molar-refractivity contribution in [3.8, 4) is 17.0 Å². The zero-order valence-electron chi connectivity index (χ0n) is 15.1. The third-order valence-electron chi connectivity index (χ3n) is 5.06. The van der Waals surface area contributed by atoms with Gasteiger partial charge in [-0.15, -0.1) is 10.2 Å². The Labute approximate surface area is 156 Å². The minimum absolute atomic E-state index is 0.119. The molecule has 1 aliphatic carbocycles. The number of nitrogens with one attached hydrogen (secondary N) is 2. The fourth-order valence-electron chi connectivity index (χ4n) is 3.63. The van der Waals surface area contributed by atoms with Crippen molar-refractivity contribution in [2.45, 2.75) is 44.7 Å². The Kier molecular flexibility index (Phi) is 4.62. The van der Waals surface area contributed by atoms with E-state index in [1.54, 1.807) is 36.7 Å². The number of amides is 1. The van der Waals surface area contributed by atoms with E-state index in [2.05, 4.69) is 30.3 Å². The summed E-state index contributed by atoms with van der Waals surface area (Å²) in [5, 5.41) is 28.0. The molecule has 1 aliphatic rings. The molecule has 0 aliphatic heterocycles. The molecule has 27 heavy (non-hydrogen) atoms. The van der Waals surface area contributed by atoms with Crippen molar-refractivity contribution in [2.24, 2.45) is 0 Å². The summed E-state index contributed by atoms with van der Waals surface area (Å²) in [5.41, 5.74) is 1.41. The summed E-state index contributed by atoms with van der Waals surface area (Å²) in [6, 6.07) is 8.63. The highest BCUT2D eigenvalue weighted by atomic mass is 16.3. The first-order valence-electron chi connectivity index (χ1n) is 9.17. The summed E-state index contributed by atoms with van der Waals surface area (Å²) >= 11 is 0. The van der Waals surface area contributed by atoms with Crippen molar-refractivity contribution in [3.63, 3.8) is 0 Å². The van der Waals surface area contributed by atoms with E-state index < -0.39 is 0 Å². The predicted octanol–water partition coefficient (Wildman–Crippen LogP) is 2.98. The van der Waals surface area contributed by atoms with E-state index in [4.69, 9.17) is 0 Å². The van der Waals surface area contributed by atoms with E-state index in [0.717, 1.165) is 18.7 Å². The first-order chi connectivity index (χ1) is 13.1. The number of hydrogen-bond acceptors (Lipinski definition) is 5. The molecule has 0 unspecified atom stereocenters. The van der Waals surface area contributed by atoms with Crippen molar-refractivity contribution in [3.05, 3.63) is 48.2 Å². The summed E-state index contributed by atoms with van der Waals surface area (Å²) in [6.07, 6.45) is 6.42. The minimum Gasteiger partial charge on any atom is -0.507 e. The number of aromatic amines is 1. The Bertz CT molecular complexity index is 941. The second kappa shape index (κ2) is 7.22. The second-order valence-electron chi connectivity index (χ2n) is 6.91. The number of benzene rings is 1. The van der Waals surface area contributed by atoms with Crippen molar-refractivity contribution in [1.82, 2.24) is 30.3 Å². The Morgan fingerprint density at radius 1 is 1.33 bits per heavy atom. The summed E-state index contributed by atoms with van der Waals surface area (Å²) in [7, 11) is 0. The minimum atomic E-state index is -0.280. The molecule has 0 bridgehead atoms. The average molecular weight is 366 g/mol. The molecule has 1 saturated carbocycles. The van der Waals surface area contributed by atoms with Crippen molar-refractivity contribution in [1.29, 1.82) is 0 Å². The van der Waals surface area contributed by atoms with Gasteiger partial charge in [-0.1, -0.05) is 25.0 Å². The highest BCUT2D eigenvalue weighted by molar-refractivity contribution is 5.93. The molecule has 0 spiro atoms. The van der Waals surface area contributed by atoms with Gasteiger partial charge in [0.25, 0.3) is 5.91 Å². The van der Waals surface area contributed by atoms with Crippen LogP contribution in [-0.2, 0) is 0 Å². The van der Waals surface area contributed by atoms with Crippen LogP contribution in [0.5, 0.6) is 5.75 Å². The van der Waals surface area contributed by atoms with Gasteiger partial charge in [0.05, 0.1) is 11.7 Å². The van der Waals surface area contributed by atoms with Crippen LogP contribution in [0.2, 0.25) is 0 Å². The van der Waals surface area contributed by atoms with Crippen LogP contribution >= 0.6 is 0 Å². The maximum absolute atomic E-state index is 12.6. The number of nitrogens with zero attached hydrogens (tertiary/aromatic N) is 4. The molecule has 0 saturated heterocycles. The van der Waals surface area contributed by atoms with Gasteiger partial charge in [-0.25, -0.2) is 0 Å². The van der Waals surface area contributed by atoms with Crippen LogP contribution in [0.3, 0.4) is 0 Å². The highest BCUT2D eigenvalue weighted by Gasteiger charge is 2.24. The molecule has 0 radical (unpaired) electrons. The molecule has 140 valence electrons. The SMILES string of the molecule is C[C@@H](NC(=O)c1cc(-c2ccccc2O)n[nH]1)c1nncn1C1CCCC1. The van der Waals surface area contributed by atoms with Gasteiger partial charge < -0.3 is 15.0 Å². The largest absolute Gasteiger partial charge is 0.507 e. The van der Waals surface area contributed by atoms with E-state index in [-0.39, 0.29) is 17.7 Å². The lowest BCUT2D eigenvalue weighted by Gasteiger charge is -2.18. The first kappa shape index (κ1) is 17.3. The van der Waals surface area contributed by atoms with Crippen molar-refractivity contribution in [2.75, 3.05) is 0 Å². The van der Waals surface area contributed by atoms with E-state index >= 15 is 0 Å². The van der Waals surface area contributed by atoms with Gasteiger partial charge >= 0.3 is 0 Å². The Balaban J connectivity index is 1.48. The van der Waals surface area contributed by atoms with Gasteiger partial charge in [-0.05, 0) is 38.0 Å². The molecule has 1 amide bonds. The maximum Gasteiger partial charge on any atom is 0.269 e. The summed E-state index contributed by atoms with van der Waals surface area (Å²) < 4.78 is 2.08. The van der Waals surface area contributed by atoms with Gasteiger partial charge in [-0.3, -0.25) is 9.89 Å². The predicted molar refractivity (Wildman–Crippen MR) is 99.1 cm³/mol. The lowest BCUT2D eigenvalue weighted by Crippen LogP contribution is -2.29. The molecular weight excluding hydrogens is 344 g/mol. The number of H-pyrrole nitrogens is 1. The average Bonchev–Trinajstić information content (AvgIpc) is 3.41. The van der Waals surface area contributed by atoms with Crippen molar-refractivity contribution < 1.29 is 9.90 Å². The highest BCUT2D eigenvalue weighted by Crippen LogP contribution is 2.31. The molecule has 1 atom stereocenters. The Morgan fingerprint density at radius 3 is 2.89 bits per heavy atom. The number of phenolic OH excluding ortho intramolecular Hbond substituents is 1. The molecule has 2 heterocycles. The summed E-state index contributed by atoms with van der Waals surface area (Å²) in [5.74, 6) is 0.599. The number of aromatic hydroxyl groups is 1. The molecule has 3 N–H and O–H groups in total. The fraction of sp³-hybridized carbons (Fsp3) is 0.368. The van der Waals surface area contributed by atoms with Crippen LogP contribution in [0, 0.1) is 0 Å². The van der Waals surface area contributed by atoms with Crippen LogP contribution in [0.15, 0.2) is 36.7 Å². The molecule has 3 aromatic rings.